The number of anilines is 2. The number of rotatable bonds is 7. The van der Waals surface area contributed by atoms with Crippen molar-refractivity contribution in [3.05, 3.63) is 60.1 Å². The quantitative estimate of drug-likeness (QED) is 0.768. The Hall–Kier alpha value is -2.43. The molecule has 0 radical (unpaired) electrons. The first kappa shape index (κ1) is 15.0. The number of hydrogen-bond donors (Lipinski definition) is 2. The first-order valence-corrected chi connectivity index (χ1v) is 6.87. The van der Waals surface area contributed by atoms with Gasteiger partial charge in [0.05, 0.1) is 0 Å². The number of aromatic nitrogens is 2. The Kier molecular flexibility index (Phi) is 5.26. The highest BCUT2D eigenvalue weighted by atomic mass is 19.1. The molecule has 0 amide bonds. The summed E-state index contributed by atoms with van der Waals surface area (Å²) < 4.78 is 13.5. The smallest absolute Gasteiger partial charge is 0.225 e. The summed E-state index contributed by atoms with van der Waals surface area (Å²) in [4.78, 5) is 8.63. The van der Waals surface area contributed by atoms with Gasteiger partial charge in [0, 0.05) is 24.8 Å². The average molecular weight is 286 g/mol. The molecule has 0 saturated heterocycles. The summed E-state index contributed by atoms with van der Waals surface area (Å²) in [6, 6.07) is 8.66. The molecule has 1 aromatic heterocycles. The summed E-state index contributed by atoms with van der Waals surface area (Å²) in [5.41, 5.74) is 1.56. The van der Waals surface area contributed by atoms with E-state index in [0.717, 1.165) is 11.5 Å². The zero-order chi connectivity index (χ0) is 15.1. The molecule has 0 unspecified atom stereocenters. The highest BCUT2D eigenvalue weighted by Gasteiger charge is 2.03. The van der Waals surface area contributed by atoms with E-state index in [4.69, 9.17) is 0 Å². The van der Waals surface area contributed by atoms with Gasteiger partial charge in [0.25, 0.3) is 0 Å². The predicted molar refractivity (Wildman–Crippen MR) is 84.0 cm³/mol. The molecule has 0 aliphatic heterocycles. The fourth-order valence-electron chi connectivity index (χ4n) is 1.93. The van der Waals surface area contributed by atoms with Crippen LogP contribution in [0.3, 0.4) is 0 Å². The zero-order valence-corrected chi connectivity index (χ0v) is 12.1. The van der Waals surface area contributed by atoms with E-state index in [1.54, 1.807) is 18.2 Å². The van der Waals surface area contributed by atoms with Gasteiger partial charge in [0.15, 0.2) is 0 Å². The van der Waals surface area contributed by atoms with Crippen LogP contribution in [0, 0.1) is 12.7 Å². The number of nitrogens with zero attached hydrogens (tertiary/aromatic N) is 2. The molecule has 2 aromatic rings. The van der Waals surface area contributed by atoms with Crippen molar-refractivity contribution < 1.29 is 4.39 Å². The maximum absolute atomic E-state index is 13.5. The highest BCUT2D eigenvalue weighted by molar-refractivity contribution is 5.42. The van der Waals surface area contributed by atoms with Crippen molar-refractivity contribution in [2.45, 2.75) is 13.3 Å². The minimum absolute atomic E-state index is 0.175. The zero-order valence-electron chi connectivity index (χ0n) is 12.1. The summed E-state index contributed by atoms with van der Waals surface area (Å²) >= 11 is 0. The maximum atomic E-state index is 13.5. The van der Waals surface area contributed by atoms with E-state index in [9.17, 15) is 4.39 Å². The van der Waals surface area contributed by atoms with Crippen molar-refractivity contribution in [3.8, 4) is 0 Å². The second kappa shape index (κ2) is 7.38. The van der Waals surface area contributed by atoms with E-state index >= 15 is 0 Å². The molecule has 0 fully saturated rings. The molecular formula is C16H19FN4. The number of aryl methyl sites for hydroxylation is 1. The highest BCUT2D eigenvalue weighted by Crippen LogP contribution is 2.11. The largest absolute Gasteiger partial charge is 0.370 e. The van der Waals surface area contributed by atoms with Gasteiger partial charge < -0.3 is 10.6 Å². The van der Waals surface area contributed by atoms with Crippen LogP contribution in [-0.2, 0) is 6.42 Å². The van der Waals surface area contributed by atoms with Gasteiger partial charge in [-0.2, -0.15) is 4.98 Å². The number of benzene rings is 1. The SMILES string of the molecule is C=CCNc1nc(C)cc(NCCc2ccccc2F)n1. The van der Waals surface area contributed by atoms with Crippen molar-refractivity contribution in [2.24, 2.45) is 0 Å². The topological polar surface area (TPSA) is 49.8 Å². The Bertz CT molecular complexity index is 613. The van der Waals surface area contributed by atoms with Crippen LogP contribution in [-0.4, -0.2) is 23.1 Å². The van der Waals surface area contributed by atoms with Crippen LogP contribution >= 0.6 is 0 Å². The third-order valence-electron chi connectivity index (χ3n) is 2.92. The first-order chi connectivity index (χ1) is 10.2. The summed E-state index contributed by atoms with van der Waals surface area (Å²) in [6.07, 6.45) is 2.35. The van der Waals surface area contributed by atoms with Crippen LogP contribution in [0.25, 0.3) is 0 Å². The maximum Gasteiger partial charge on any atom is 0.225 e. The van der Waals surface area contributed by atoms with Crippen LogP contribution in [0.2, 0.25) is 0 Å². The lowest BCUT2D eigenvalue weighted by Crippen LogP contribution is -2.10. The molecule has 1 heterocycles. The Balaban J connectivity index is 1.95. The van der Waals surface area contributed by atoms with Crippen LogP contribution in [0.1, 0.15) is 11.3 Å². The molecule has 5 heteroatoms. The minimum Gasteiger partial charge on any atom is -0.370 e. The third-order valence-corrected chi connectivity index (χ3v) is 2.92. The lowest BCUT2D eigenvalue weighted by atomic mass is 10.1. The van der Waals surface area contributed by atoms with Crippen molar-refractivity contribution in [3.63, 3.8) is 0 Å². The van der Waals surface area contributed by atoms with E-state index in [-0.39, 0.29) is 5.82 Å². The van der Waals surface area contributed by atoms with E-state index in [0.29, 0.717) is 31.0 Å². The van der Waals surface area contributed by atoms with Gasteiger partial charge in [-0.25, -0.2) is 9.37 Å². The van der Waals surface area contributed by atoms with E-state index in [1.807, 2.05) is 19.1 Å². The lowest BCUT2D eigenvalue weighted by molar-refractivity contribution is 0.610. The van der Waals surface area contributed by atoms with Crippen molar-refractivity contribution in [2.75, 3.05) is 23.7 Å². The molecule has 0 aliphatic carbocycles. The van der Waals surface area contributed by atoms with Crippen LogP contribution in [0.4, 0.5) is 16.2 Å². The Morgan fingerprint density at radius 3 is 2.81 bits per heavy atom. The second-order valence-electron chi connectivity index (χ2n) is 4.66. The summed E-state index contributed by atoms with van der Waals surface area (Å²) in [5.74, 6) is 1.11. The van der Waals surface area contributed by atoms with Gasteiger partial charge in [0.2, 0.25) is 5.95 Å². The molecule has 0 saturated carbocycles. The molecule has 110 valence electrons. The average Bonchev–Trinajstić information content (AvgIpc) is 2.47. The molecule has 0 spiro atoms. The minimum atomic E-state index is -0.175. The van der Waals surface area contributed by atoms with Gasteiger partial charge in [-0.1, -0.05) is 24.3 Å². The molecular weight excluding hydrogens is 267 g/mol. The molecule has 2 N–H and O–H groups in total. The van der Waals surface area contributed by atoms with Crippen molar-refractivity contribution in [1.29, 1.82) is 0 Å². The Morgan fingerprint density at radius 1 is 1.24 bits per heavy atom. The molecule has 2 rings (SSSR count). The third kappa shape index (κ3) is 4.56. The van der Waals surface area contributed by atoms with Crippen LogP contribution in [0.15, 0.2) is 43.0 Å². The molecule has 0 atom stereocenters. The molecule has 4 nitrogen and oxygen atoms in total. The predicted octanol–water partition coefficient (Wildman–Crippen LogP) is 3.18. The van der Waals surface area contributed by atoms with Gasteiger partial charge in [-0.05, 0) is 25.0 Å². The van der Waals surface area contributed by atoms with Gasteiger partial charge in [-0.3, -0.25) is 0 Å². The number of hydrogen-bond acceptors (Lipinski definition) is 4. The van der Waals surface area contributed by atoms with E-state index < -0.39 is 0 Å². The fraction of sp³-hybridized carbons (Fsp3) is 0.250. The van der Waals surface area contributed by atoms with Gasteiger partial charge in [0.1, 0.15) is 11.6 Å². The number of nitrogens with one attached hydrogen (secondary N) is 2. The van der Waals surface area contributed by atoms with E-state index in [2.05, 4.69) is 27.2 Å². The fourth-order valence-corrected chi connectivity index (χ4v) is 1.93. The monoisotopic (exact) mass is 286 g/mol. The summed E-state index contributed by atoms with van der Waals surface area (Å²) in [7, 11) is 0. The molecule has 21 heavy (non-hydrogen) atoms. The van der Waals surface area contributed by atoms with Gasteiger partial charge >= 0.3 is 0 Å². The second-order valence-corrected chi connectivity index (χ2v) is 4.66. The Labute approximate surface area is 124 Å². The Morgan fingerprint density at radius 2 is 2.05 bits per heavy atom. The van der Waals surface area contributed by atoms with E-state index in [1.165, 1.54) is 6.07 Å². The molecule has 0 aliphatic rings. The van der Waals surface area contributed by atoms with Gasteiger partial charge in [-0.15, -0.1) is 6.58 Å². The first-order valence-electron chi connectivity index (χ1n) is 6.87. The molecule has 0 bridgehead atoms. The van der Waals surface area contributed by atoms with Crippen molar-refractivity contribution in [1.82, 2.24) is 9.97 Å². The molecule has 1 aromatic carbocycles. The summed E-state index contributed by atoms with van der Waals surface area (Å²) in [5, 5.41) is 6.25. The standard InChI is InChI=1S/C16H19FN4/c1-3-9-19-16-20-12(2)11-15(21-16)18-10-8-13-6-4-5-7-14(13)17/h3-7,11H,1,8-10H2,2H3,(H2,18,19,20,21). The van der Waals surface area contributed by atoms with Crippen molar-refractivity contribution >= 4 is 11.8 Å². The van der Waals surface area contributed by atoms with Crippen LogP contribution in [0.5, 0.6) is 0 Å². The lowest BCUT2D eigenvalue weighted by Gasteiger charge is -2.09. The normalized spacial score (nSPS) is 10.2. The summed E-state index contributed by atoms with van der Waals surface area (Å²) in [6.45, 7) is 6.77. The number of halogens is 1. The van der Waals surface area contributed by atoms with Crippen LogP contribution < -0.4 is 10.6 Å².